The average molecular weight is 292 g/mol. The van der Waals surface area contributed by atoms with Crippen molar-refractivity contribution in [1.82, 2.24) is 30.1 Å². The van der Waals surface area contributed by atoms with Gasteiger partial charge in [0.05, 0.1) is 12.7 Å². The summed E-state index contributed by atoms with van der Waals surface area (Å²) in [7, 11) is 0. The number of aromatic nitrogens is 6. The maximum atomic E-state index is 5.22. The van der Waals surface area contributed by atoms with E-state index in [1.165, 1.54) is 0 Å². The largest absolute Gasteiger partial charge is 0.357 e. The van der Waals surface area contributed by atoms with Crippen molar-refractivity contribution in [2.75, 3.05) is 0 Å². The van der Waals surface area contributed by atoms with Crippen LogP contribution in [0.1, 0.15) is 5.56 Å². The van der Waals surface area contributed by atoms with Crippen LogP contribution in [0.4, 0.5) is 0 Å². The summed E-state index contributed by atoms with van der Waals surface area (Å²) < 4.78 is 6.97. The summed E-state index contributed by atoms with van der Waals surface area (Å²) in [6.07, 6.45) is 3.60. The molecule has 0 spiro atoms. The minimum Gasteiger partial charge on any atom is -0.357 e. The zero-order chi connectivity index (χ0) is 14.8. The summed E-state index contributed by atoms with van der Waals surface area (Å²) in [5, 5.41) is 12.1. The molecule has 0 saturated carbocycles. The highest BCUT2D eigenvalue weighted by Gasteiger charge is 2.14. The first-order chi connectivity index (χ1) is 10.9. The van der Waals surface area contributed by atoms with Crippen LogP contribution < -0.4 is 0 Å². The van der Waals surface area contributed by atoms with E-state index in [9.17, 15) is 0 Å². The molecule has 0 radical (unpaired) electrons. The van der Waals surface area contributed by atoms with E-state index in [2.05, 4.69) is 25.4 Å². The van der Waals surface area contributed by atoms with Gasteiger partial charge in [-0.25, -0.2) is 4.68 Å². The number of hydrogen-bond donors (Lipinski definition) is 1. The standard InChI is InChI=1S/C15H12N6O/c1-2-5-11(6-3-1)9-21-10-13(18-20-21)14-17-15(22-19-14)12-7-4-8-16-12/h1-8,10,16H,9H2. The number of hydrogen-bond acceptors (Lipinski definition) is 5. The molecular weight excluding hydrogens is 280 g/mol. The molecule has 108 valence electrons. The van der Waals surface area contributed by atoms with Gasteiger partial charge in [0, 0.05) is 6.20 Å². The molecule has 22 heavy (non-hydrogen) atoms. The van der Waals surface area contributed by atoms with Gasteiger partial charge in [0.15, 0.2) is 5.69 Å². The van der Waals surface area contributed by atoms with Gasteiger partial charge in [0.2, 0.25) is 5.82 Å². The van der Waals surface area contributed by atoms with Crippen LogP contribution in [0.2, 0.25) is 0 Å². The zero-order valence-electron chi connectivity index (χ0n) is 11.5. The maximum absolute atomic E-state index is 5.22. The van der Waals surface area contributed by atoms with Crippen LogP contribution in [0.15, 0.2) is 59.4 Å². The van der Waals surface area contributed by atoms with Gasteiger partial charge in [-0.05, 0) is 17.7 Å². The molecule has 4 rings (SSSR count). The van der Waals surface area contributed by atoms with Gasteiger partial charge in [-0.15, -0.1) is 5.10 Å². The highest BCUT2D eigenvalue weighted by molar-refractivity contribution is 5.53. The van der Waals surface area contributed by atoms with Crippen molar-refractivity contribution in [3.8, 4) is 23.1 Å². The van der Waals surface area contributed by atoms with Crippen LogP contribution in [0.3, 0.4) is 0 Å². The highest BCUT2D eigenvalue weighted by Crippen LogP contribution is 2.19. The number of aromatic amines is 1. The molecule has 0 amide bonds. The van der Waals surface area contributed by atoms with Gasteiger partial charge in [0.25, 0.3) is 5.89 Å². The first-order valence-electron chi connectivity index (χ1n) is 6.80. The lowest BCUT2D eigenvalue weighted by atomic mass is 10.2. The zero-order valence-corrected chi connectivity index (χ0v) is 11.5. The summed E-state index contributed by atoms with van der Waals surface area (Å²) in [4.78, 5) is 7.34. The molecule has 7 heteroatoms. The smallest absolute Gasteiger partial charge is 0.274 e. The van der Waals surface area contributed by atoms with Gasteiger partial charge >= 0.3 is 0 Å². The second-order valence-corrected chi connectivity index (χ2v) is 4.79. The average Bonchev–Trinajstić information content (AvgIpc) is 3.29. The Hall–Kier alpha value is -3.22. The summed E-state index contributed by atoms with van der Waals surface area (Å²) in [5.41, 5.74) is 2.51. The van der Waals surface area contributed by atoms with Crippen molar-refractivity contribution < 1.29 is 4.52 Å². The fourth-order valence-electron chi connectivity index (χ4n) is 2.15. The van der Waals surface area contributed by atoms with Crippen LogP contribution in [0.5, 0.6) is 0 Å². The van der Waals surface area contributed by atoms with Gasteiger partial charge in [-0.1, -0.05) is 40.7 Å². The lowest BCUT2D eigenvalue weighted by molar-refractivity contribution is 0.431. The third-order valence-corrected chi connectivity index (χ3v) is 3.21. The summed E-state index contributed by atoms with van der Waals surface area (Å²) in [5.74, 6) is 0.849. The Morgan fingerprint density at radius 1 is 1.09 bits per heavy atom. The summed E-state index contributed by atoms with van der Waals surface area (Å²) >= 11 is 0. The van der Waals surface area contributed by atoms with Crippen molar-refractivity contribution in [2.45, 2.75) is 6.54 Å². The molecule has 1 N–H and O–H groups in total. The Morgan fingerprint density at radius 2 is 2.00 bits per heavy atom. The van der Waals surface area contributed by atoms with Crippen LogP contribution in [-0.4, -0.2) is 30.1 Å². The van der Waals surface area contributed by atoms with Gasteiger partial charge in [-0.2, -0.15) is 4.98 Å². The van der Waals surface area contributed by atoms with Crippen LogP contribution in [0.25, 0.3) is 23.1 Å². The van der Waals surface area contributed by atoms with E-state index in [0.717, 1.165) is 11.3 Å². The number of rotatable bonds is 4. The first kappa shape index (κ1) is 12.5. The van der Waals surface area contributed by atoms with Gasteiger partial charge in [-0.3, -0.25) is 0 Å². The predicted molar refractivity (Wildman–Crippen MR) is 78.6 cm³/mol. The normalized spacial score (nSPS) is 10.9. The minimum absolute atomic E-state index is 0.420. The van der Waals surface area contributed by atoms with E-state index < -0.39 is 0 Å². The molecule has 3 heterocycles. The summed E-state index contributed by atoms with van der Waals surface area (Å²) in [6.45, 7) is 0.648. The summed E-state index contributed by atoms with van der Waals surface area (Å²) in [6, 6.07) is 13.8. The SMILES string of the molecule is c1ccc(Cn2cc(-c3noc(-c4ccc[nH]4)n3)nn2)cc1. The molecular formula is C15H12N6O. The van der Waals surface area contributed by atoms with E-state index in [-0.39, 0.29) is 0 Å². The third kappa shape index (κ3) is 2.39. The molecule has 1 aromatic carbocycles. The first-order valence-corrected chi connectivity index (χ1v) is 6.80. The minimum atomic E-state index is 0.420. The van der Waals surface area contributed by atoms with Gasteiger partial charge < -0.3 is 9.51 Å². The highest BCUT2D eigenvalue weighted by atomic mass is 16.5. The fraction of sp³-hybridized carbons (Fsp3) is 0.0667. The quantitative estimate of drug-likeness (QED) is 0.624. The molecule has 0 unspecified atom stereocenters. The number of benzene rings is 1. The number of H-pyrrole nitrogens is 1. The number of nitrogens with one attached hydrogen (secondary N) is 1. The Morgan fingerprint density at radius 3 is 2.82 bits per heavy atom. The van der Waals surface area contributed by atoms with E-state index >= 15 is 0 Å². The Balaban J connectivity index is 1.57. The monoisotopic (exact) mass is 292 g/mol. The molecule has 0 aliphatic carbocycles. The molecule has 3 aromatic heterocycles. The van der Waals surface area contributed by atoms with E-state index in [4.69, 9.17) is 4.52 Å². The lowest BCUT2D eigenvalue weighted by Crippen LogP contribution is -1.99. The Labute approximate surface area is 125 Å². The molecule has 0 aliphatic heterocycles. The Kier molecular flexibility index (Phi) is 3.01. The molecule has 0 saturated heterocycles. The molecule has 0 atom stereocenters. The molecule has 0 fully saturated rings. The molecule has 7 nitrogen and oxygen atoms in total. The molecule has 0 bridgehead atoms. The van der Waals surface area contributed by atoms with E-state index in [0.29, 0.717) is 24.0 Å². The van der Waals surface area contributed by atoms with Gasteiger partial charge in [0.1, 0.15) is 5.69 Å². The van der Waals surface area contributed by atoms with Crippen LogP contribution in [0, 0.1) is 0 Å². The predicted octanol–water partition coefficient (Wildman–Crippen LogP) is 2.37. The van der Waals surface area contributed by atoms with Crippen molar-refractivity contribution in [1.29, 1.82) is 0 Å². The second kappa shape index (κ2) is 5.28. The molecule has 0 aliphatic rings. The van der Waals surface area contributed by atoms with Crippen LogP contribution in [-0.2, 0) is 6.54 Å². The van der Waals surface area contributed by atoms with Crippen molar-refractivity contribution >= 4 is 0 Å². The fourth-order valence-corrected chi connectivity index (χ4v) is 2.15. The maximum Gasteiger partial charge on any atom is 0.274 e. The molecule has 4 aromatic rings. The van der Waals surface area contributed by atoms with E-state index in [1.807, 2.05) is 42.5 Å². The van der Waals surface area contributed by atoms with Crippen molar-refractivity contribution in [3.05, 3.63) is 60.4 Å². The third-order valence-electron chi connectivity index (χ3n) is 3.21. The van der Waals surface area contributed by atoms with E-state index in [1.54, 1.807) is 17.1 Å². The number of nitrogens with zero attached hydrogens (tertiary/aromatic N) is 5. The van der Waals surface area contributed by atoms with Crippen molar-refractivity contribution in [3.63, 3.8) is 0 Å². The van der Waals surface area contributed by atoms with Crippen LogP contribution >= 0.6 is 0 Å². The topological polar surface area (TPSA) is 85.4 Å². The lowest BCUT2D eigenvalue weighted by Gasteiger charge is -1.98. The Bertz CT molecular complexity index is 862. The second-order valence-electron chi connectivity index (χ2n) is 4.79. The van der Waals surface area contributed by atoms with Crippen molar-refractivity contribution in [2.24, 2.45) is 0 Å².